The molecule has 2 saturated heterocycles. The van der Waals surface area contributed by atoms with Crippen molar-refractivity contribution in [2.24, 2.45) is 5.92 Å². The van der Waals surface area contributed by atoms with Crippen molar-refractivity contribution in [1.82, 2.24) is 9.80 Å². The van der Waals surface area contributed by atoms with Gasteiger partial charge >= 0.3 is 0 Å². The Morgan fingerprint density at radius 1 is 1.06 bits per heavy atom. The second-order valence-corrected chi connectivity index (χ2v) is 5.89. The Kier molecular flexibility index (Phi) is 4.43. The molecule has 0 saturated carbocycles. The molecule has 0 spiro atoms. The van der Waals surface area contributed by atoms with Crippen molar-refractivity contribution in [3.63, 3.8) is 0 Å². The number of hydrogen-bond acceptors (Lipinski definition) is 2. The highest BCUT2D eigenvalue weighted by molar-refractivity contribution is 5.78. The predicted octanol–water partition coefficient (Wildman–Crippen LogP) is 2.12. The average molecular weight is 238 g/mol. The number of carbonyl (C=O) groups excluding carboxylic acids is 1. The molecule has 1 amide bonds. The minimum absolute atomic E-state index is 0.353. The van der Waals surface area contributed by atoms with Gasteiger partial charge in [-0.05, 0) is 58.0 Å². The smallest absolute Gasteiger partial charge is 0.236 e. The average Bonchev–Trinajstić information content (AvgIpc) is 2.32. The van der Waals surface area contributed by atoms with E-state index >= 15 is 0 Å². The summed E-state index contributed by atoms with van der Waals surface area (Å²) in [5.41, 5.74) is 0. The zero-order chi connectivity index (χ0) is 12.3. The van der Waals surface area contributed by atoms with Gasteiger partial charge in [0.15, 0.2) is 0 Å². The normalized spacial score (nSPS) is 28.4. The van der Waals surface area contributed by atoms with E-state index in [0.29, 0.717) is 18.5 Å². The highest BCUT2D eigenvalue weighted by Crippen LogP contribution is 2.19. The van der Waals surface area contributed by atoms with E-state index in [1.54, 1.807) is 0 Å². The molecule has 2 rings (SSSR count). The fraction of sp³-hybridized carbons (Fsp3) is 0.929. The van der Waals surface area contributed by atoms with Gasteiger partial charge in [0.25, 0.3) is 0 Å². The van der Waals surface area contributed by atoms with E-state index in [1.165, 1.54) is 32.1 Å². The first-order chi connectivity index (χ1) is 8.16. The molecule has 1 atom stereocenters. The minimum Gasteiger partial charge on any atom is -0.339 e. The fourth-order valence-corrected chi connectivity index (χ4v) is 2.97. The van der Waals surface area contributed by atoms with Crippen molar-refractivity contribution >= 4 is 5.91 Å². The van der Waals surface area contributed by atoms with Crippen molar-refractivity contribution in [2.45, 2.75) is 52.0 Å². The number of hydrogen-bond donors (Lipinski definition) is 0. The summed E-state index contributed by atoms with van der Waals surface area (Å²) < 4.78 is 0. The van der Waals surface area contributed by atoms with Crippen molar-refractivity contribution in [2.75, 3.05) is 26.2 Å². The summed E-state index contributed by atoms with van der Waals surface area (Å²) >= 11 is 0. The molecular weight excluding hydrogens is 212 g/mol. The third-order valence-electron chi connectivity index (χ3n) is 4.36. The quantitative estimate of drug-likeness (QED) is 0.735. The van der Waals surface area contributed by atoms with Gasteiger partial charge in [0.2, 0.25) is 5.91 Å². The molecule has 17 heavy (non-hydrogen) atoms. The van der Waals surface area contributed by atoms with Crippen LogP contribution >= 0.6 is 0 Å². The maximum absolute atomic E-state index is 12.2. The molecule has 3 nitrogen and oxygen atoms in total. The Morgan fingerprint density at radius 2 is 1.76 bits per heavy atom. The lowest BCUT2D eigenvalue weighted by molar-refractivity contribution is -0.136. The molecule has 2 aliphatic rings. The minimum atomic E-state index is 0.353. The maximum atomic E-state index is 12.2. The van der Waals surface area contributed by atoms with Gasteiger partial charge in [0, 0.05) is 12.6 Å². The molecule has 2 heterocycles. The molecule has 0 aliphatic carbocycles. The van der Waals surface area contributed by atoms with Crippen LogP contribution in [-0.2, 0) is 4.79 Å². The first-order valence-electron chi connectivity index (χ1n) is 7.18. The van der Waals surface area contributed by atoms with Crippen LogP contribution in [0.5, 0.6) is 0 Å². The molecule has 0 radical (unpaired) electrons. The van der Waals surface area contributed by atoms with Crippen LogP contribution in [0.3, 0.4) is 0 Å². The predicted molar refractivity (Wildman–Crippen MR) is 69.9 cm³/mol. The van der Waals surface area contributed by atoms with Gasteiger partial charge in [-0.25, -0.2) is 0 Å². The summed E-state index contributed by atoms with van der Waals surface area (Å²) in [6, 6.07) is 0.458. The van der Waals surface area contributed by atoms with Crippen LogP contribution in [0, 0.1) is 5.92 Å². The van der Waals surface area contributed by atoms with Gasteiger partial charge in [-0.3, -0.25) is 9.69 Å². The topological polar surface area (TPSA) is 23.6 Å². The summed E-state index contributed by atoms with van der Waals surface area (Å²) in [6.07, 6.45) is 6.16. The number of amides is 1. The Bertz CT molecular complexity index is 259. The first-order valence-corrected chi connectivity index (χ1v) is 7.18. The van der Waals surface area contributed by atoms with E-state index in [4.69, 9.17) is 0 Å². The second-order valence-electron chi connectivity index (χ2n) is 5.89. The Labute approximate surface area is 105 Å². The van der Waals surface area contributed by atoms with Gasteiger partial charge in [-0.1, -0.05) is 6.92 Å². The molecule has 1 unspecified atom stereocenters. The van der Waals surface area contributed by atoms with Crippen LogP contribution in [0.25, 0.3) is 0 Å². The molecule has 3 heteroatoms. The van der Waals surface area contributed by atoms with Crippen molar-refractivity contribution in [3.05, 3.63) is 0 Å². The number of likely N-dealkylation sites (tertiary alicyclic amines) is 2. The van der Waals surface area contributed by atoms with Crippen molar-refractivity contribution in [1.29, 1.82) is 0 Å². The lowest BCUT2D eigenvalue weighted by Crippen LogP contribution is -2.48. The van der Waals surface area contributed by atoms with Gasteiger partial charge in [-0.15, -0.1) is 0 Å². The second kappa shape index (κ2) is 5.85. The van der Waals surface area contributed by atoms with Crippen LogP contribution in [0.4, 0.5) is 0 Å². The Hall–Kier alpha value is -0.570. The van der Waals surface area contributed by atoms with E-state index in [0.717, 1.165) is 25.6 Å². The van der Waals surface area contributed by atoms with Crippen molar-refractivity contribution < 1.29 is 4.79 Å². The molecule has 2 aliphatic heterocycles. The maximum Gasteiger partial charge on any atom is 0.236 e. The van der Waals surface area contributed by atoms with E-state index < -0.39 is 0 Å². The monoisotopic (exact) mass is 238 g/mol. The van der Waals surface area contributed by atoms with E-state index in [2.05, 4.69) is 23.6 Å². The number of rotatable bonds is 2. The SMILES string of the molecule is CC1CCN(CC(=O)N2CCCCC2C)CC1. The molecule has 2 fully saturated rings. The van der Waals surface area contributed by atoms with E-state index in [-0.39, 0.29) is 0 Å². The van der Waals surface area contributed by atoms with E-state index in [9.17, 15) is 4.79 Å². The van der Waals surface area contributed by atoms with Gasteiger partial charge in [0.1, 0.15) is 0 Å². The Morgan fingerprint density at radius 3 is 2.41 bits per heavy atom. The number of piperidine rings is 2. The van der Waals surface area contributed by atoms with Crippen LogP contribution in [0.15, 0.2) is 0 Å². The highest BCUT2D eigenvalue weighted by Gasteiger charge is 2.25. The summed E-state index contributed by atoms with van der Waals surface area (Å²) in [6.45, 7) is 8.34. The van der Waals surface area contributed by atoms with Gasteiger partial charge < -0.3 is 4.90 Å². The first kappa shape index (κ1) is 12.9. The van der Waals surface area contributed by atoms with Crippen molar-refractivity contribution in [3.8, 4) is 0 Å². The summed E-state index contributed by atoms with van der Waals surface area (Å²) in [5.74, 6) is 1.20. The van der Waals surface area contributed by atoms with Crippen LogP contribution < -0.4 is 0 Å². The summed E-state index contributed by atoms with van der Waals surface area (Å²) in [7, 11) is 0. The number of carbonyl (C=O) groups is 1. The molecular formula is C14H26N2O. The van der Waals surface area contributed by atoms with Gasteiger partial charge in [0.05, 0.1) is 6.54 Å². The molecule has 0 bridgehead atoms. The molecule has 0 aromatic carbocycles. The molecule has 98 valence electrons. The number of nitrogens with zero attached hydrogens (tertiary/aromatic N) is 2. The highest BCUT2D eigenvalue weighted by atomic mass is 16.2. The molecule has 0 N–H and O–H groups in total. The summed E-state index contributed by atoms with van der Waals surface area (Å²) in [5, 5.41) is 0. The van der Waals surface area contributed by atoms with Crippen LogP contribution in [0.2, 0.25) is 0 Å². The largest absolute Gasteiger partial charge is 0.339 e. The summed E-state index contributed by atoms with van der Waals surface area (Å²) in [4.78, 5) is 16.7. The third kappa shape index (κ3) is 3.44. The Balaban J connectivity index is 1.79. The lowest BCUT2D eigenvalue weighted by atomic mass is 9.99. The van der Waals surface area contributed by atoms with E-state index in [1.807, 2.05) is 0 Å². The zero-order valence-corrected chi connectivity index (χ0v) is 11.3. The third-order valence-corrected chi connectivity index (χ3v) is 4.36. The molecule has 0 aromatic rings. The standard InChI is InChI=1S/C14H26N2O/c1-12-6-9-15(10-7-12)11-14(17)16-8-4-3-5-13(16)2/h12-13H,3-11H2,1-2H3. The zero-order valence-electron chi connectivity index (χ0n) is 11.3. The fourth-order valence-electron chi connectivity index (χ4n) is 2.97. The lowest BCUT2D eigenvalue weighted by Gasteiger charge is -2.36. The molecule has 0 aromatic heterocycles. The van der Waals surface area contributed by atoms with Crippen LogP contribution in [0.1, 0.15) is 46.0 Å². The van der Waals surface area contributed by atoms with Crippen LogP contribution in [-0.4, -0.2) is 47.9 Å². The van der Waals surface area contributed by atoms with Gasteiger partial charge in [-0.2, -0.15) is 0 Å².